The fraction of sp³-hybridized carbons (Fsp3) is 0.889. The first kappa shape index (κ1) is 12.4. The molecular weight excluding hydrogens is 168 g/mol. The van der Waals surface area contributed by atoms with Gasteiger partial charge < -0.3 is 16.2 Å². The Labute approximate surface area is 79.5 Å². The lowest BCUT2D eigenvalue weighted by Crippen LogP contribution is -2.42. The normalized spacial score (nSPS) is 15.1. The van der Waals surface area contributed by atoms with Crippen molar-refractivity contribution in [2.75, 3.05) is 6.54 Å². The van der Waals surface area contributed by atoms with Crippen molar-refractivity contribution in [3.63, 3.8) is 0 Å². The Hall–Kier alpha value is -0.610. The van der Waals surface area contributed by atoms with Gasteiger partial charge in [0.1, 0.15) is 0 Å². The second-order valence-electron chi connectivity index (χ2n) is 3.34. The van der Waals surface area contributed by atoms with Gasteiger partial charge in [-0.3, -0.25) is 4.79 Å². The number of aliphatic hydroxyl groups excluding tert-OH is 1. The van der Waals surface area contributed by atoms with Crippen LogP contribution in [0.25, 0.3) is 0 Å². The molecule has 4 nitrogen and oxygen atoms in total. The van der Waals surface area contributed by atoms with Gasteiger partial charge >= 0.3 is 0 Å². The zero-order valence-corrected chi connectivity index (χ0v) is 8.42. The van der Waals surface area contributed by atoms with E-state index in [0.29, 0.717) is 6.42 Å². The summed E-state index contributed by atoms with van der Waals surface area (Å²) in [4.78, 5) is 11.2. The predicted molar refractivity (Wildman–Crippen MR) is 52.2 cm³/mol. The summed E-state index contributed by atoms with van der Waals surface area (Å²) in [6.45, 7) is 3.96. The van der Waals surface area contributed by atoms with E-state index in [1.807, 2.05) is 0 Å². The molecule has 78 valence electrons. The lowest BCUT2D eigenvalue weighted by atomic mass is 10.1. The van der Waals surface area contributed by atoms with Gasteiger partial charge in [0.2, 0.25) is 5.91 Å². The molecule has 2 atom stereocenters. The van der Waals surface area contributed by atoms with Gasteiger partial charge in [0.15, 0.2) is 0 Å². The predicted octanol–water partition coefficient (Wildman–Crippen LogP) is 0.000900. The first-order chi connectivity index (χ1) is 6.07. The van der Waals surface area contributed by atoms with Crippen LogP contribution in [-0.2, 0) is 4.79 Å². The van der Waals surface area contributed by atoms with E-state index in [4.69, 9.17) is 10.8 Å². The van der Waals surface area contributed by atoms with Crippen LogP contribution in [-0.4, -0.2) is 29.7 Å². The number of hydrogen-bond acceptors (Lipinski definition) is 3. The highest BCUT2D eigenvalue weighted by Crippen LogP contribution is 1.97. The first-order valence-corrected chi connectivity index (χ1v) is 4.79. The van der Waals surface area contributed by atoms with Gasteiger partial charge in [-0.1, -0.05) is 19.8 Å². The SMILES string of the molecule is CCCC[C@H](N)C(=O)NC[C@@H](C)O. The smallest absolute Gasteiger partial charge is 0.237 e. The van der Waals surface area contributed by atoms with E-state index in [0.717, 1.165) is 12.8 Å². The Morgan fingerprint density at radius 2 is 2.23 bits per heavy atom. The third-order valence-corrected chi connectivity index (χ3v) is 1.78. The van der Waals surface area contributed by atoms with Crippen LogP contribution >= 0.6 is 0 Å². The minimum absolute atomic E-state index is 0.172. The molecule has 0 unspecified atom stereocenters. The van der Waals surface area contributed by atoms with E-state index in [2.05, 4.69) is 12.2 Å². The van der Waals surface area contributed by atoms with Gasteiger partial charge in [-0.05, 0) is 13.3 Å². The maximum absolute atomic E-state index is 11.2. The molecule has 4 heteroatoms. The average Bonchev–Trinajstić information content (AvgIpc) is 2.10. The second-order valence-corrected chi connectivity index (χ2v) is 3.34. The van der Waals surface area contributed by atoms with Crippen LogP contribution in [0.15, 0.2) is 0 Å². The number of hydrogen-bond donors (Lipinski definition) is 3. The molecule has 0 spiro atoms. The second kappa shape index (κ2) is 6.86. The average molecular weight is 188 g/mol. The standard InChI is InChI=1S/C9H20N2O2/c1-3-4-5-8(10)9(13)11-6-7(2)12/h7-8,12H,3-6,10H2,1-2H3,(H,11,13)/t7-,8+/m1/s1. The maximum atomic E-state index is 11.2. The monoisotopic (exact) mass is 188 g/mol. The van der Waals surface area contributed by atoms with Crippen molar-refractivity contribution < 1.29 is 9.90 Å². The quantitative estimate of drug-likeness (QED) is 0.549. The zero-order valence-electron chi connectivity index (χ0n) is 8.42. The number of unbranched alkanes of at least 4 members (excludes halogenated alkanes) is 1. The topological polar surface area (TPSA) is 75.4 Å². The van der Waals surface area contributed by atoms with Crippen LogP contribution in [0, 0.1) is 0 Å². The van der Waals surface area contributed by atoms with Crippen molar-refractivity contribution in [3.8, 4) is 0 Å². The molecule has 1 amide bonds. The van der Waals surface area contributed by atoms with E-state index in [1.54, 1.807) is 6.92 Å². The van der Waals surface area contributed by atoms with E-state index in [1.165, 1.54) is 0 Å². The molecule has 0 fully saturated rings. The third-order valence-electron chi connectivity index (χ3n) is 1.78. The maximum Gasteiger partial charge on any atom is 0.237 e. The van der Waals surface area contributed by atoms with Gasteiger partial charge in [-0.15, -0.1) is 0 Å². The van der Waals surface area contributed by atoms with Crippen LogP contribution < -0.4 is 11.1 Å². The molecule has 0 saturated heterocycles. The minimum atomic E-state index is -0.512. The lowest BCUT2D eigenvalue weighted by molar-refractivity contribution is -0.122. The van der Waals surface area contributed by atoms with Gasteiger partial charge in [-0.2, -0.15) is 0 Å². The molecule has 0 bridgehead atoms. The molecule has 0 aromatic carbocycles. The van der Waals surface area contributed by atoms with Crippen LogP contribution in [0.5, 0.6) is 0 Å². The number of carbonyl (C=O) groups excluding carboxylic acids is 1. The van der Waals surface area contributed by atoms with Crippen molar-refractivity contribution in [1.82, 2.24) is 5.32 Å². The molecule has 0 aromatic rings. The molecule has 0 heterocycles. The molecule has 0 aromatic heterocycles. The summed E-state index contributed by atoms with van der Waals surface area (Å²) in [6, 6.07) is -0.432. The molecule has 4 N–H and O–H groups in total. The van der Waals surface area contributed by atoms with Crippen molar-refractivity contribution in [2.24, 2.45) is 5.73 Å². The number of amides is 1. The minimum Gasteiger partial charge on any atom is -0.392 e. The first-order valence-electron chi connectivity index (χ1n) is 4.79. The van der Waals surface area contributed by atoms with Crippen LogP contribution in [0.1, 0.15) is 33.1 Å². The summed E-state index contributed by atoms with van der Waals surface area (Å²) in [5.41, 5.74) is 5.60. The Kier molecular flexibility index (Phi) is 6.54. The Bertz CT molecular complexity index is 149. The molecule has 0 radical (unpaired) electrons. The van der Waals surface area contributed by atoms with Gasteiger partial charge in [0.25, 0.3) is 0 Å². The molecule has 0 rings (SSSR count). The number of aliphatic hydroxyl groups is 1. The number of rotatable bonds is 6. The highest BCUT2D eigenvalue weighted by Gasteiger charge is 2.12. The lowest BCUT2D eigenvalue weighted by Gasteiger charge is -2.12. The number of nitrogens with one attached hydrogen (secondary N) is 1. The number of carbonyl (C=O) groups is 1. The van der Waals surface area contributed by atoms with Crippen molar-refractivity contribution in [3.05, 3.63) is 0 Å². The summed E-state index contributed by atoms with van der Waals surface area (Å²) in [5.74, 6) is -0.172. The van der Waals surface area contributed by atoms with Gasteiger partial charge in [0, 0.05) is 6.54 Å². The van der Waals surface area contributed by atoms with Crippen LogP contribution in [0.2, 0.25) is 0 Å². The molecule has 0 saturated carbocycles. The van der Waals surface area contributed by atoms with Crippen LogP contribution in [0.4, 0.5) is 0 Å². The van der Waals surface area contributed by atoms with Crippen molar-refractivity contribution in [2.45, 2.75) is 45.3 Å². The van der Waals surface area contributed by atoms with Crippen molar-refractivity contribution in [1.29, 1.82) is 0 Å². The zero-order chi connectivity index (χ0) is 10.3. The third kappa shape index (κ3) is 6.54. The summed E-state index contributed by atoms with van der Waals surface area (Å²) < 4.78 is 0. The fourth-order valence-corrected chi connectivity index (χ4v) is 0.935. The summed E-state index contributed by atoms with van der Waals surface area (Å²) in [5, 5.41) is 11.5. The Balaban J connectivity index is 3.57. The Morgan fingerprint density at radius 1 is 1.62 bits per heavy atom. The number of nitrogens with two attached hydrogens (primary N) is 1. The van der Waals surface area contributed by atoms with Crippen molar-refractivity contribution >= 4 is 5.91 Å². The summed E-state index contributed by atoms with van der Waals surface area (Å²) >= 11 is 0. The van der Waals surface area contributed by atoms with Gasteiger partial charge in [-0.25, -0.2) is 0 Å². The summed E-state index contributed by atoms with van der Waals surface area (Å²) in [6.07, 6.45) is 2.20. The van der Waals surface area contributed by atoms with Gasteiger partial charge in [0.05, 0.1) is 12.1 Å². The van der Waals surface area contributed by atoms with E-state index in [-0.39, 0.29) is 12.5 Å². The van der Waals surface area contributed by atoms with Crippen LogP contribution in [0.3, 0.4) is 0 Å². The van der Waals surface area contributed by atoms with E-state index < -0.39 is 12.1 Å². The molecular formula is C9H20N2O2. The fourth-order valence-electron chi connectivity index (χ4n) is 0.935. The summed E-state index contributed by atoms with van der Waals surface area (Å²) in [7, 11) is 0. The van der Waals surface area contributed by atoms with E-state index >= 15 is 0 Å². The molecule has 0 aliphatic carbocycles. The molecule has 0 aliphatic rings. The molecule has 0 aliphatic heterocycles. The van der Waals surface area contributed by atoms with E-state index in [9.17, 15) is 4.79 Å². The Morgan fingerprint density at radius 3 is 2.69 bits per heavy atom. The highest BCUT2D eigenvalue weighted by molar-refractivity contribution is 5.81. The largest absolute Gasteiger partial charge is 0.392 e. The highest BCUT2D eigenvalue weighted by atomic mass is 16.3. The molecule has 13 heavy (non-hydrogen) atoms.